The summed E-state index contributed by atoms with van der Waals surface area (Å²) >= 11 is 0. The monoisotopic (exact) mass is 240 g/mol. The van der Waals surface area contributed by atoms with E-state index in [1.54, 1.807) is 0 Å². The predicted molar refractivity (Wildman–Crippen MR) is 13.4 cm³/mol. The quantitative estimate of drug-likeness (QED) is 0.553. The van der Waals surface area contributed by atoms with Crippen LogP contribution in [0.25, 0.3) is 0 Å². The fourth-order valence-corrected chi connectivity index (χ4v) is 0. The van der Waals surface area contributed by atoms with Gasteiger partial charge in [0.05, 0.1) is 0 Å². The van der Waals surface area contributed by atoms with Crippen molar-refractivity contribution in [3.8, 4) is 0 Å². The van der Waals surface area contributed by atoms with E-state index in [0.29, 0.717) is 0 Å². The molecule has 0 rings (SSSR count). The van der Waals surface area contributed by atoms with Crippen LogP contribution in [0.4, 0.5) is 0 Å². The molecule has 0 aliphatic heterocycles. The van der Waals surface area contributed by atoms with Crippen molar-refractivity contribution < 1.29 is 54.3 Å². The maximum absolute atomic E-state index is 8.74. The second-order valence-corrected chi connectivity index (χ2v) is 0.848. The zero-order chi connectivity index (χ0) is 3.58. The van der Waals surface area contributed by atoms with Gasteiger partial charge in [-0.05, 0) is 0 Å². The summed E-state index contributed by atoms with van der Waals surface area (Å²) in [7, 11) is -3.13. The second-order valence-electron chi connectivity index (χ2n) is 0.283. The van der Waals surface area contributed by atoms with Crippen molar-refractivity contribution in [3.63, 3.8) is 0 Å². The molecule has 0 saturated carbocycles. The molecule has 0 saturated heterocycles. The summed E-state index contributed by atoms with van der Waals surface area (Å²) in [5.74, 6) is 0. The molecule has 0 amide bonds. The van der Waals surface area contributed by atoms with Gasteiger partial charge in [0.2, 0.25) is 0 Å². The molecule has 5 heavy (non-hydrogen) atoms. The van der Waals surface area contributed by atoms with E-state index in [1.807, 2.05) is 0 Å². The molecule has 0 atom stereocenters. The van der Waals surface area contributed by atoms with Crippen molar-refractivity contribution in [2.24, 2.45) is 0 Å². The molecule has 0 unspecified atom stereocenters. The summed E-state index contributed by atoms with van der Waals surface area (Å²) in [5.41, 5.74) is 0. The summed E-state index contributed by atoms with van der Waals surface area (Å²) in [6.07, 6.45) is 0. The van der Waals surface area contributed by atoms with Crippen LogP contribution in [0.15, 0.2) is 0 Å². The Kier molecular flexibility index (Phi) is 10.6. The fraction of sp³-hybridized carbons (Fsp3) is 0. The standard InChI is InChI=1S/Gd.H3O3P/c;1-4(2)3/h;4H,(H2,1,2,3). The first-order valence-electron chi connectivity index (χ1n) is 0.651. The summed E-state index contributed by atoms with van der Waals surface area (Å²) < 4.78 is 8.74. The molecular weight excluding hydrogens is 236 g/mol. The van der Waals surface area contributed by atoms with Gasteiger partial charge in [0.1, 0.15) is 0 Å². The van der Waals surface area contributed by atoms with E-state index in [1.165, 1.54) is 0 Å². The third kappa shape index (κ3) is 30.4. The van der Waals surface area contributed by atoms with E-state index in [9.17, 15) is 0 Å². The van der Waals surface area contributed by atoms with Crippen molar-refractivity contribution in [2.75, 3.05) is 0 Å². The Morgan fingerprint density at radius 2 is 1.40 bits per heavy atom. The zero-order valence-corrected chi connectivity index (χ0v) is 5.42. The minimum absolute atomic E-state index is 0. The minimum Gasteiger partial charge on any atom is -0.326 e. The summed E-state index contributed by atoms with van der Waals surface area (Å²) in [6, 6.07) is 0. The smallest absolute Gasteiger partial charge is 0.314 e. The molecule has 0 aliphatic carbocycles. The van der Waals surface area contributed by atoms with Crippen molar-refractivity contribution in [1.29, 1.82) is 0 Å². The maximum Gasteiger partial charge on any atom is 0.314 e. The van der Waals surface area contributed by atoms with E-state index in [4.69, 9.17) is 14.4 Å². The van der Waals surface area contributed by atoms with Gasteiger partial charge < -0.3 is 9.79 Å². The Labute approximate surface area is 62.0 Å². The van der Waals surface area contributed by atoms with Crippen molar-refractivity contribution in [2.45, 2.75) is 0 Å². The maximum atomic E-state index is 8.74. The molecule has 0 fully saturated rings. The van der Waals surface area contributed by atoms with Gasteiger partial charge in [0.15, 0.2) is 0 Å². The van der Waals surface area contributed by atoms with Crippen molar-refractivity contribution in [1.82, 2.24) is 0 Å². The molecule has 2 N–H and O–H groups in total. The minimum atomic E-state index is -3.13. The first-order valence-corrected chi connectivity index (χ1v) is 1.95. The van der Waals surface area contributed by atoms with E-state index in [2.05, 4.69) is 0 Å². The summed E-state index contributed by atoms with van der Waals surface area (Å²) in [6.45, 7) is 0. The molecule has 0 aromatic heterocycles. The molecule has 0 bridgehead atoms. The first-order chi connectivity index (χ1) is 1.73. The molecule has 34 valence electrons. The molecule has 0 aromatic carbocycles. The van der Waals surface area contributed by atoms with Crippen LogP contribution in [0.2, 0.25) is 0 Å². The molecule has 3 nitrogen and oxygen atoms in total. The third-order valence-corrected chi connectivity index (χ3v) is 0. The van der Waals surface area contributed by atoms with E-state index in [0.717, 1.165) is 0 Å². The van der Waals surface area contributed by atoms with Gasteiger partial charge in [-0.3, -0.25) is 4.57 Å². The average Bonchev–Trinajstić information content (AvgIpc) is 0.811. The molecule has 0 spiro atoms. The van der Waals surface area contributed by atoms with Crippen LogP contribution in [0.5, 0.6) is 0 Å². The van der Waals surface area contributed by atoms with Crippen LogP contribution in [0.3, 0.4) is 0 Å². The predicted octanol–water partition coefficient (Wildman–Crippen LogP) is -0.639. The number of hydrogen-bond donors (Lipinski definition) is 2. The van der Waals surface area contributed by atoms with Crippen LogP contribution in [-0.4, -0.2) is 9.79 Å². The van der Waals surface area contributed by atoms with Gasteiger partial charge in [0, 0.05) is 39.9 Å². The van der Waals surface area contributed by atoms with Crippen LogP contribution in [-0.2, 0) is 4.57 Å². The fourth-order valence-electron chi connectivity index (χ4n) is 0. The third-order valence-electron chi connectivity index (χ3n) is 0. The van der Waals surface area contributed by atoms with Gasteiger partial charge in [-0.15, -0.1) is 0 Å². The van der Waals surface area contributed by atoms with E-state index in [-0.39, 0.29) is 39.9 Å². The average molecular weight is 239 g/mol. The molecule has 0 heterocycles. The Balaban J connectivity index is 0. The topological polar surface area (TPSA) is 57.5 Å². The molecule has 5 heteroatoms. The van der Waals surface area contributed by atoms with Crippen LogP contribution in [0, 0.1) is 39.9 Å². The van der Waals surface area contributed by atoms with Gasteiger partial charge in [0.25, 0.3) is 0 Å². The van der Waals surface area contributed by atoms with Crippen molar-refractivity contribution >= 4 is 8.25 Å². The van der Waals surface area contributed by atoms with Crippen LogP contribution >= 0.6 is 8.25 Å². The normalized spacial score (nSPS) is 7.00. The Bertz CT molecular complexity index is 29.9. The van der Waals surface area contributed by atoms with E-state index < -0.39 is 8.25 Å². The van der Waals surface area contributed by atoms with Crippen LogP contribution in [0.1, 0.15) is 0 Å². The Morgan fingerprint density at radius 1 is 1.40 bits per heavy atom. The van der Waals surface area contributed by atoms with Crippen molar-refractivity contribution in [3.05, 3.63) is 0 Å². The van der Waals surface area contributed by atoms with Gasteiger partial charge in [-0.1, -0.05) is 0 Å². The molecule has 0 aliphatic rings. The van der Waals surface area contributed by atoms with Crippen LogP contribution < -0.4 is 0 Å². The largest absolute Gasteiger partial charge is 0.326 e. The molecule has 0 aromatic rings. The van der Waals surface area contributed by atoms with Gasteiger partial charge in [-0.25, -0.2) is 0 Å². The first kappa shape index (κ1) is 9.69. The summed E-state index contributed by atoms with van der Waals surface area (Å²) in [5, 5.41) is 0. The zero-order valence-electron chi connectivity index (χ0n) is 2.16. The van der Waals surface area contributed by atoms with Gasteiger partial charge >= 0.3 is 8.25 Å². The van der Waals surface area contributed by atoms with E-state index >= 15 is 0 Å². The SMILES string of the molecule is O=[PH](O)O.[Gd]. The molecule has 0 radical (unpaired) electrons. The molecular formula is H3GdO3P. The number of rotatable bonds is 0. The second kappa shape index (κ2) is 5.47. The summed E-state index contributed by atoms with van der Waals surface area (Å²) in [4.78, 5) is 14.3. The van der Waals surface area contributed by atoms with Gasteiger partial charge in [-0.2, -0.15) is 0 Å². The Morgan fingerprint density at radius 3 is 1.40 bits per heavy atom. The number of hydrogen-bond acceptors (Lipinski definition) is 1. The Hall–Kier alpha value is 1.47.